The monoisotopic (exact) mass is 322 g/mol. The molecule has 3 amide bonds. The molecule has 3 heterocycles. The summed E-state index contributed by atoms with van der Waals surface area (Å²) in [7, 11) is 0. The van der Waals surface area contributed by atoms with Crippen molar-refractivity contribution in [2.24, 2.45) is 0 Å². The third-order valence-corrected chi connectivity index (χ3v) is 4.14. The Labute approximate surface area is 130 Å². The van der Waals surface area contributed by atoms with Gasteiger partial charge >= 0.3 is 6.03 Å². The number of halogens is 1. The third kappa shape index (κ3) is 3.03. The van der Waals surface area contributed by atoms with Crippen LogP contribution in [0.15, 0.2) is 30.7 Å². The minimum Gasteiger partial charge on any atom is -0.308 e. The lowest BCUT2D eigenvalue weighted by atomic mass is 10.3. The molecular weight excluding hydrogens is 312 g/mol. The van der Waals surface area contributed by atoms with E-state index in [2.05, 4.69) is 9.97 Å². The quantitative estimate of drug-likeness (QED) is 0.809. The molecule has 0 aliphatic carbocycles. The molecule has 8 heteroatoms. The Kier molecular flexibility index (Phi) is 3.85. The average molecular weight is 323 g/mol. The molecule has 3 rings (SSSR count). The van der Waals surface area contributed by atoms with E-state index in [4.69, 9.17) is 11.6 Å². The Morgan fingerprint density at radius 2 is 2.14 bits per heavy atom. The second kappa shape index (κ2) is 5.79. The van der Waals surface area contributed by atoms with Gasteiger partial charge in [-0.15, -0.1) is 11.3 Å². The molecule has 0 aromatic carbocycles. The summed E-state index contributed by atoms with van der Waals surface area (Å²) in [4.78, 5) is 35.1. The maximum atomic E-state index is 12.3. The van der Waals surface area contributed by atoms with Crippen molar-refractivity contribution in [3.63, 3.8) is 0 Å². The van der Waals surface area contributed by atoms with Crippen molar-refractivity contribution in [2.45, 2.75) is 13.1 Å². The van der Waals surface area contributed by atoms with Gasteiger partial charge in [-0.25, -0.2) is 9.78 Å². The Bertz CT molecular complexity index is 676. The summed E-state index contributed by atoms with van der Waals surface area (Å²) < 4.78 is 0.565. The van der Waals surface area contributed by atoms with Gasteiger partial charge in [0.2, 0.25) is 0 Å². The van der Waals surface area contributed by atoms with Crippen LogP contribution in [0.2, 0.25) is 4.34 Å². The second-order valence-electron chi connectivity index (χ2n) is 4.54. The Morgan fingerprint density at radius 1 is 1.29 bits per heavy atom. The van der Waals surface area contributed by atoms with E-state index in [9.17, 15) is 9.59 Å². The molecule has 0 spiro atoms. The Morgan fingerprint density at radius 3 is 2.81 bits per heavy atom. The van der Waals surface area contributed by atoms with E-state index in [0.717, 1.165) is 5.56 Å². The van der Waals surface area contributed by atoms with Gasteiger partial charge in [-0.1, -0.05) is 17.7 Å². The van der Waals surface area contributed by atoms with Crippen LogP contribution in [-0.4, -0.2) is 38.3 Å². The van der Waals surface area contributed by atoms with E-state index in [1.807, 2.05) is 6.07 Å². The number of pyridine rings is 1. The summed E-state index contributed by atoms with van der Waals surface area (Å²) in [5.74, 6) is -0.216. The van der Waals surface area contributed by atoms with Gasteiger partial charge in [0.1, 0.15) is 15.9 Å². The minimum absolute atomic E-state index is 0.0658. The summed E-state index contributed by atoms with van der Waals surface area (Å²) >= 11 is 7.12. The van der Waals surface area contributed by atoms with Gasteiger partial charge in [-0.05, 0) is 11.6 Å². The first-order valence-corrected chi connectivity index (χ1v) is 7.41. The normalized spacial score (nSPS) is 15.1. The molecule has 2 aromatic heterocycles. The van der Waals surface area contributed by atoms with Crippen LogP contribution in [0.5, 0.6) is 0 Å². The number of carbonyl (C=O) groups is 2. The zero-order valence-corrected chi connectivity index (χ0v) is 12.5. The molecule has 21 heavy (non-hydrogen) atoms. The molecule has 108 valence electrons. The zero-order valence-electron chi connectivity index (χ0n) is 10.9. The molecule has 0 N–H and O–H groups in total. The Balaban J connectivity index is 1.70. The van der Waals surface area contributed by atoms with Crippen LogP contribution in [0.4, 0.5) is 4.79 Å². The highest BCUT2D eigenvalue weighted by Gasteiger charge is 2.36. The van der Waals surface area contributed by atoms with Crippen LogP contribution in [0.3, 0.4) is 0 Å². The summed E-state index contributed by atoms with van der Waals surface area (Å²) in [6.07, 6.45) is 4.83. The van der Waals surface area contributed by atoms with Gasteiger partial charge in [0, 0.05) is 12.4 Å². The van der Waals surface area contributed by atoms with Gasteiger partial charge < -0.3 is 4.90 Å². The lowest BCUT2D eigenvalue weighted by Crippen LogP contribution is -2.32. The highest BCUT2D eigenvalue weighted by Crippen LogP contribution is 2.22. The molecule has 0 bridgehead atoms. The summed E-state index contributed by atoms with van der Waals surface area (Å²) in [6, 6.07) is 3.29. The first-order valence-electron chi connectivity index (χ1n) is 6.22. The molecule has 1 saturated heterocycles. The van der Waals surface area contributed by atoms with Crippen molar-refractivity contribution in [1.82, 2.24) is 19.8 Å². The van der Waals surface area contributed by atoms with E-state index in [0.29, 0.717) is 15.9 Å². The van der Waals surface area contributed by atoms with E-state index < -0.39 is 0 Å². The van der Waals surface area contributed by atoms with Crippen molar-refractivity contribution in [2.75, 3.05) is 6.54 Å². The fourth-order valence-corrected chi connectivity index (χ4v) is 3.04. The predicted octanol–water partition coefficient (Wildman–Crippen LogP) is 2.16. The van der Waals surface area contributed by atoms with Crippen molar-refractivity contribution in [1.29, 1.82) is 0 Å². The molecule has 1 aliphatic rings. The van der Waals surface area contributed by atoms with Crippen molar-refractivity contribution in [3.05, 3.63) is 45.6 Å². The molecule has 0 radical (unpaired) electrons. The number of nitrogens with zero attached hydrogens (tertiary/aromatic N) is 4. The molecule has 0 saturated carbocycles. The highest BCUT2D eigenvalue weighted by atomic mass is 35.5. The average Bonchev–Trinajstić information content (AvgIpc) is 2.99. The first-order chi connectivity index (χ1) is 10.1. The number of imide groups is 1. The number of thiazole rings is 1. The summed E-state index contributed by atoms with van der Waals surface area (Å²) in [5.41, 5.74) is 0.818. The van der Waals surface area contributed by atoms with Crippen LogP contribution in [0, 0.1) is 0 Å². The molecule has 0 atom stereocenters. The SMILES string of the molecule is O=C1CN(Cc2ncc(Cl)s2)C(=O)N1Cc1cccnc1. The number of rotatable bonds is 4. The largest absolute Gasteiger partial charge is 0.327 e. The molecule has 1 aliphatic heterocycles. The fourth-order valence-electron chi connectivity index (χ4n) is 2.07. The van der Waals surface area contributed by atoms with Crippen LogP contribution < -0.4 is 0 Å². The molecule has 2 aromatic rings. The second-order valence-corrected chi connectivity index (χ2v) is 6.28. The molecule has 1 fully saturated rings. The van der Waals surface area contributed by atoms with Gasteiger partial charge in [0.15, 0.2) is 0 Å². The van der Waals surface area contributed by atoms with Crippen LogP contribution in [0.1, 0.15) is 10.6 Å². The van der Waals surface area contributed by atoms with E-state index in [-0.39, 0.29) is 25.0 Å². The predicted molar refractivity (Wildman–Crippen MR) is 77.7 cm³/mol. The van der Waals surface area contributed by atoms with Gasteiger partial charge in [0.25, 0.3) is 5.91 Å². The topological polar surface area (TPSA) is 66.4 Å². The van der Waals surface area contributed by atoms with Crippen LogP contribution >= 0.6 is 22.9 Å². The minimum atomic E-state index is -0.310. The van der Waals surface area contributed by atoms with Gasteiger partial charge in [-0.3, -0.25) is 14.7 Å². The molecular formula is C13H11ClN4O2S. The van der Waals surface area contributed by atoms with E-state index >= 15 is 0 Å². The molecule has 0 unspecified atom stereocenters. The highest BCUT2D eigenvalue weighted by molar-refractivity contribution is 7.15. The lowest BCUT2D eigenvalue weighted by molar-refractivity contribution is -0.125. The standard InChI is InChI=1S/C13H11ClN4O2S/c14-10-5-16-11(21-10)7-17-8-12(19)18(13(17)20)6-9-2-1-3-15-4-9/h1-5H,6-8H2. The number of aromatic nitrogens is 2. The fraction of sp³-hybridized carbons (Fsp3) is 0.231. The van der Waals surface area contributed by atoms with Crippen molar-refractivity contribution in [3.8, 4) is 0 Å². The smallest absolute Gasteiger partial charge is 0.308 e. The first kappa shape index (κ1) is 14.0. The van der Waals surface area contributed by atoms with Crippen LogP contribution in [0.25, 0.3) is 0 Å². The number of hydrogen-bond donors (Lipinski definition) is 0. The Hall–Kier alpha value is -1.99. The summed E-state index contributed by atoms with van der Waals surface area (Å²) in [5, 5.41) is 0.712. The number of urea groups is 1. The third-order valence-electron chi connectivity index (χ3n) is 3.04. The summed E-state index contributed by atoms with van der Waals surface area (Å²) in [6.45, 7) is 0.600. The van der Waals surface area contributed by atoms with E-state index in [1.54, 1.807) is 18.5 Å². The maximum Gasteiger partial charge on any atom is 0.327 e. The van der Waals surface area contributed by atoms with Crippen molar-refractivity contribution >= 4 is 34.9 Å². The van der Waals surface area contributed by atoms with Gasteiger partial charge in [-0.2, -0.15) is 0 Å². The lowest BCUT2D eigenvalue weighted by Gasteiger charge is -2.15. The van der Waals surface area contributed by atoms with Crippen molar-refractivity contribution < 1.29 is 9.59 Å². The van der Waals surface area contributed by atoms with E-state index in [1.165, 1.54) is 27.3 Å². The number of hydrogen-bond acceptors (Lipinski definition) is 5. The zero-order chi connectivity index (χ0) is 14.8. The van der Waals surface area contributed by atoms with Gasteiger partial charge in [0.05, 0.1) is 19.3 Å². The van der Waals surface area contributed by atoms with Crippen LogP contribution in [-0.2, 0) is 17.9 Å². The number of amides is 3. The maximum absolute atomic E-state index is 12.3. The number of carbonyl (C=O) groups excluding carboxylic acids is 2. The molecule has 6 nitrogen and oxygen atoms in total.